The van der Waals surface area contributed by atoms with E-state index in [1.807, 2.05) is 13.8 Å². The van der Waals surface area contributed by atoms with Crippen LogP contribution in [0.15, 0.2) is 0 Å². The highest BCUT2D eigenvalue weighted by molar-refractivity contribution is 4.91. The van der Waals surface area contributed by atoms with Crippen LogP contribution in [0.4, 0.5) is 0 Å². The van der Waals surface area contributed by atoms with E-state index in [2.05, 4.69) is 26.8 Å². The molecule has 0 aliphatic heterocycles. The standard InChI is InChI=1S/C11H21NO/c1-6-11(4,5)13-8-7-10(2,3)9-12/h6-8H2,1-5H3. The van der Waals surface area contributed by atoms with Crippen molar-refractivity contribution in [2.45, 2.75) is 53.1 Å². The first-order valence-electron chi connectivity index (χ1n) is 4.88. The second-order valence-corrected chi connectivity index (χ2v) is 4.71. The third-order valence-electron chi connectivity index (χ3n) is 2.37. The maximum atomic E-state index is 8.78. The van der Waals surface area contributed by atoms with Crippen molar-refractivity contribution in [1.29, 1.82) is 5.26 Å². The first kappa shape index (κ1) is 12.4. The molecule has 0 spiro atoms. The van der Waals surface area contributed by atoms with Gasteiger partial charge in [-0.05, 0) is 40.5 Å². The molecule has 0 rings (SSSR count). The van der Waals surface area contributed by atoms with Gasteiger partial charge in [0.2, 0.25) is 0 Å². The highest BCUT2D eigenvalue weighted by Gasteiger charge is 2.20. The lowest BCUT2D eigenvalue weighted by Crippen LogP contribution is -2.25. The van der Waals surface area contributed by atoms with Gasteiger partial charge in [-0.25, -0.2) is 0 Å². The van der Waals surface area contributed by atoms with Crippen LogP contribution in [-0.2, 0) is 4.74 Å². The summed E-state index contributed by atoms with van der Waals surface area (Å²) in [7, 11) is 0. The Balaban J connectivity index is 3.76. The molecule has 0 N–H and O–H groups in total. The predicted octanol–water partition coefficient (Wildman–Crippen LogP) is 3.13. The highest BCUT2D eigenvalue weighted by atomic mass is 16.5. The summed E-state index contributed by atoms with van der Waals surface area (Å²) in [4.78, 5) is 0. The fraction of sp³-hybridized carbons (Fsp3) is 0.909. The van der Waals surface area contributed by atoms with E-state index in [0.717, 1.165) is 12.8 Å². The first-order chi connectivity index (χ1) is 5.83. The van der Waals surface area contributed by atoms with Gasteiger partial charge in [0.25, 0.3) is 0 Å². The van der Waals surface area contributed by atoms with Gasteiger partial charge in [-0.3, -0.25) is 0 Å². The molecule has 0 aromatic carbocycles. The van der Waals surface area contributed by atoms with Crippen LogP contribution >= 0.6 is 0 Å². The summed E-state index contributed by atoms with van der Waals surface area (Å²) in [6.07, 6.45) is 1.80. The maximum absolute atomic E-state index is 8.78. The van der Waals surface area contributed by atoms with E-state index in [1.54, 1.807) is 0 Å². The highest BCUT2D eigenvalue weighted by Crippen LogP contribution is 2.21. The molecule has 0 radical (unpaired) electrons. The van der Waals surface area contributed by atoms with Crippen molar-refractivity contribution < 1.29 is 4.74 Å². The molecule has 0 aliphatic rings. The Morgan fingerprint density at radius 3 is 2.15 bits per heavy atom. The minimum Gasteiger partial charge on any atom is -0.376 e. The zero-order valence-corrected chi connectivity index (χ0v) is 9.48. The SMILES string of the molecule is CCC(C)(C)OCCC(C)(C)C#N. The van der Waals surface area contributed by atoms with E-state index < -0.39 is 0 Å². The molecule has 0 atom stereocenters. The lowest BCUT2D eigenvalue weighted by atomic mass is 9.92. The Kier molecular flexibility index (Phi) is 4.43. The van der Waals surface area contributed by atoms with Crippen LogP contribution in [0.1, 0.15) is 47.5 Å². The van der Waals surface area contributed by atoms with Gasteiger partial charge in [0, 0.05) is 6.61 Å². The van der Waals surface area contributed by atoms with Crippen LogP contribution in [0, 0.1) is 16.7 Å². The van der Waals surface area contributed by atoms with Crippen molar-refractivity contribution >= 4 is 0 Å². The number of ether oxygens (including phenoxy) is 1. The summed E-state index contributed by atoms with van der Waals surface area (Å²) < 4.78 is 5.67. The van der Waals surface area contributed by atoms with Gasteiger partial charge in [-0.2, -0.15) is 5.26 Å². The number of rotatable bonds is 5. The second-order valence-electron chi connectivity index (χ2n) is 4.71. The van der Waals surface area contributed by atoms with Crippen LogP contribution in [0.3, 0.4) is 0 Å². The van der Waals surface area contributed by atoms with E-state index in [9.17, 15) is 0 Å². The Morgan fingerprint density at radius 1 is 1.23 bits per heavy atom. The molecule has 0 unspecified atom stereocenters. The molecule has 0 saturated heterocycles. The van der Waals surface area contributed by atoms with Crippen molar-refractivity contribution in [2.75, 3.05) is 6.61 Å². The van der Waals surface area contributed by atoms with Crippen LogP contribution < -0.4 is 0 Å². The van der Waals surface area contributed by atoms with Crippen LogP contribution in [0.5, 0.6) is 0 Å². The van der Waals surface area contributed by atoms with Crippen LogP contribution in [0.2, 0.25) is 0 Å². The predicted molar refractivity (Wildman–Crippen MR) is 54.3 cm³/mol. The van der Waals surface area contributed by atoms with Gasteiger partial charge in [-0.1, -0.05) is 6.92 Å². The molecular formula is C11H21NO. The number of nitrogens with zero attached hydrogens (tertiary/aromatic N) is 1. The molecule has 0 bridgehead atoms. The van der Waals surface area contributed by atoms with E-state index in [0.29, 0.717) is 6.61 Å². The number of nitriles is 1. The topological polar surface area (TPSA) is 33.0 Å². The first-order valence-corrected chi connectivity index (χ1v) is 4.88. The fourth-order valence-electron chi connectivity index (χ4n) is 0.740. The summed E-state index contributed by atoms with van der Waals surface area (Å²) in [5.74, 6) is 0. The lowest BCUT2D eigenvalue weighted by Gasteiger charge is -2.25. The van der Waals surface area contributed by atoms with E-state index >= 15 is 0 Å². The molecule has 0 aromatic heterocycles. The molecule has 0 saturated carbocycles. The average Bonchev–Trinajstić information content (AvgIpc) is 2.04. The summed E-state index contributed by atoms with van der Waals surface area (Å²) in [5, 5.41) is 8.78. The molecule has 0 fully saturated rings. The molecule has 0 heterocycles. The summed E-state index contributed by atoms with van der Waals surface area (Å²) in [6.45, 7) is 10.8. The fourth-order valence-corrected chi connectivity index (χ4v) is 0.740. The third-order valence-corrected chi connectivity index (χ3v) is 2.37. The van der Waals surface area contributed by atoms with Crippen molar-refractivity contribution in [3.63, 3.8) is 0 Å². The van der Waals surface area contributed by atoms with Gasteiger partial charge < -0.3 is 4.74 Å². The average molecular weight is 183 g/mol. The van der Waals surface area contributed by atoms with Gasteiger partial charge in [0.1, 0.15) is 0 Å². The summed E-state index contributed by atoms with van der Waals surface area (Å²) in [6, 6.07) is 2.27. The molecule has 2 heteroatoms. The molecule has 76 valence electrons. The molecular weight excluding hydrogens is 162 g/mol. The van der Waals surface area contributed by atoms with Crippen molar-refractivity contribution in [3.8, 4) is 6.07 Å². The molecule has 0 amide bonds. The van der Waals surface area contributed by atoms with Gasteiger partial charge in [-0.15, -0.1) is 0 Å². The van der Waals surface area contributed by atoms with E-state index in [1.165, 1.54) is 0 Å². The summed E-state index contributed by atoms with van der Waals surface area (Å²) in [5.41, 5.74) is -0.310. The van der Waals surface area contributed by atoms with Crippen molar-refractivity contribution in [1.82, 2.24) is 0 Å². The normalized spacial score (nSPS) is 12.6. The van der Waals surface area contributed by atoms with E-state index in [4.69, 9.17) is 10.00 Å². The molecule has 13 heavy (non-hydrogen) atoms. The minimum absolute atomic E-state index is 0.0501. The molecule has 0 aromatic rings. The Hall–Kier alpha value is -0.550. The second kappa shape index (κ2) is 4.62. The minimum atomic E-state index is -0.260. The van der Waals surface area contributed by atoms with Crippen molar-refractivity contribution in [3.05, 3.63) is 0 Å². The summed E-state index contributed by atoms with van der Waals surface area (Å²) >= 11 is 0. The van der Waals surface area contributed by atoms with E-state index in [-0.39, 0.29) is 11.0 Å². The van der Waals surface area contributed by atoms with Crippen LogP contribution in [-0.4, -0.2) is 12.2 Å². The quantitative estimate of drug-likeness (QED) is 0.656. The Morgan fingerprint density at radius 2 is 1.77 bits per heavy atom. The Bertz CT molecular complexity index is 189. The van der Waals surface area contributed by atoms with Gasteiger partial charge in [0.15, 0.2) is 0 Å². The van der Waals surface area contributed by atoms with Crippen molar-refractivity contribution in [2.24, 2.45) is 5.41 Å². The largest absolute Gasteiger partial charge is 0.376 e. The zero-order valence-electron chi connectivity index (χ0n) is 9.48. The van der Waals surface area contributed by atoms with Crippen LogP contribution in [0.25, 0.3) is 0 Å². The third kappa shape index (κ3) is 5.65. The molecule has 2 nitrogen and oxygen atoms in total. The zero-order chi connectivity index (χ0) is 10.5. The maximum Gasteiger partial charge on any atom is 0.0684 e. The smallest absolute Gasteiger partial charge is 0.0684 e. The van der Waals surface area contributed by atoms with Gasteiger partial charge in [0.05, 0.1) is 17.1 Å². The number of hydrogen-bond acceptors (Lipinski definition) is 2. The Labute approximate surface area is 81.9 Å². The lowest BCUT2D eigenvalue weighted by molar-refractivity contribution is -0.0276. The molecule has 0 aliphatic carbocycles. The number of hydrogen-bond donors (Lipinski definition) is 0. The monoisotopic (exact) mass is 183 g/mol. The van der Waals surface area contributed by atoms with Gasteiger partial charge >= 0.3 is 0 Å².